The van der Waals surface area contributed by atoms with Crippen LogP contribution in [0.4, 0.5) is 5.69 Å². The van der Waals surface area contributed by atoms with Gasteiger partial charge in [0, 0.05) is 18.8 Å². The number of hydrazine groups is 1. The largest absolute Gasteiger partial charge is 0.380 e. The Hall–Kier alpha value is -1.66. The molecule has 94 valence electrons. The molecule has 17 heavy (non-hydrogen) atoms. The van der Waals surface area contributed by atoms with E-state index in [1.54, 1.807) is 12.3 Å². The van der Waals surface area contributed by atoms with E-state index in [0.29, 0.717) is 24.5 Å². The van der Waals surface area contributed by atoms with Crippen LogP contribution in [-0.2, 0) is 4.74 Å². The van der Waals surface area contributed by atoms with E-state index in [2.05, 4.69) is 15.7 Å². The predicted molar refractivity (Wildman–Crippen MR) is 65.5 cm³/mol. The van der Waals surface area contributed by atoms with Crippen LogP contribution in [0.3, 0.4) is 0 Å². The lowest BCUT2D eigenvalue weighted by Gasteiger charge is -2.14. The molecule has 1 aromatic heterocycles. The number of anilines is 1. The number of ether oxygens (including phenoxy) is 1. The van der Waals surface area contributed by atoms with E-state index in [0.717, 1.165) is 0 Å². The van der Waals surface area contributed by atoms with E-state index in [9.17, 15) is 4.79 Å². The van der Waals surface area contributed by atoms with Gasteiger partial charge in [-0.2, -0.15) is 0 Å². The maximum absolute atomic E-state index is 11.9. The van der Waals surface area contributed by atoms with Gasteiger partial charge in [-0.1, -0.05) is 0 Å². The van der Waals surface area contributed by atoms with Crippen molar-refractivity contribution >= 4 is 11.6 Å². The fourth-order valence-electron chi connectivity index (χ4n) is 1.35. The molecule has 1 amide bonds. The van der Waals surface area contributed by atoms with Gasteiger partial charge in [0.05, 0.1) is 24.1 Å². The number of pyridine rings is 1. The van der Waals surface area contributed by atoms with E-state index in [4.69, 9.17) is 10.6 Å². The number of nitrogens with one attached hydrogen (secondary N) is 2. The summed E-state index contributed by atoms with van der Waals surface area (Å²) in [5.74, 6) is 5.10. The number of aromatic nitrogens is 1. The van der Waals surface area contributed by atoms with Gasteiger partial charge in [0.25, 0.3) is 5.91 Å². The lowest BCUT2D eigenvalue weighted by Crippen LogP contribution is -2.36. The van der Waals surface area contributed by atoms with E-state index in [1.807, 2.05) is 13.8 Å². The molecule has 0 fully saturated rings. The normalized spacial score (nSPS) is 11.9. The first-order chi connectivity index (χ1) is 8.19. The Labute approximate surface area is 101 Å². The topological polar surface area (TPSA) is 89.3 Å². The molecule has 6 nitrogen and oxygen atoms in total. The standard InChI is InChI=1S/C11H18N4O2/c1-3-17-7-8(2)14-11(16)9-4-5-13-6-10(9)15-12/h4-6,8,15H,3,7,12H2,1-2H3,(H,14,16). The molecule has 0 aliphatic heterocycles. The molecule has 1 unspecified atom stereocenters. The van der Waals surface area contributed by atoms with Gasteiger partial charge >= 0.3 is 0 Å². The van der Waals surface area contributed by atoms with Crippen molar-refractivity contribution in [2.24, 2.45) is 5.84 Å². The van der Waals surface area contributed by atoms with Crippen molar-refractivity contribution in [1.29, 1.82) is 0 Å². The van der Waals surface area contributed by atoms with Crippen molar-refractivity contribution in [2.45, 2.75) is 19.9 Å². The number of carbonyl (C=O) groups excluding carboxylic acids is 1. The maximum Gasteiger partial charge on any atom is 0.253 e. The van der Waals surface area contributed by atoms with Gasteiger partial charge in [-0.05, 0) is 19.9 Å². The lowest BCUT2D eigenvalue weighted by molar-refractivity contribution is 0.0872. The zero-order chi connectivity index (χ0) is 12.7. The molecular formula is C11H18N4O2. The Morgan fingerprint density at radius 2 is 2.41 bits per heavy atom. The van der Waals surface area contributed by atoms with Crippen LogP contribution in [0.2, 0.25) is 0 Å². The minimum Gasteiger partial charge on any atom is -0.380 e. The van der Waals surface area contributed by atoms with Crippen LogP contribution < -0.4 is 16.6 Å². The molecule has 0 aliphatic rings. The summed E-state index contributed by atoms with van der Waals surface area (Å²) >= 11 is 0. The molecule has 1 aromatic rings. The monoisotopic (exact) mass is 238 g/mol. The molecule has 1 atom stereocenters. The highest BCUT2D eigenvalue weighted by Crippen LogP contribution is 2.11. The van der Waals surface area contributed by atoms with E-state index >= 15 is 0 Å². The average molecular weight is 238 g/mol. The molecule has 0 aromatic carbocycles. The van der Waals surface area contributed by atoms with Crippen LogP contribution in [0.1, 0.15) is 24.2 Å². The van der Waals surface area contributed by atoms with E-state index < -0.39 is 0 Å². The summed E-state index contributed by atoms with van der Waals surface area (Å²) in [6.07, 6.45) is 3.05. The number of rotatable bonds is 6. The quantitative estimate of drug-likeness (QED) is 0.496. The van der Waals surface area contributed by atoms with Crippen LogP contribution in [0.15, 0.2) is 18.5 Å². The lowest BCUT2D eigenvalue weighted by atomic mass is 10.2. The van der Waals surface area contributed by atoms with Crippen LogP contribution in [0, 0.1) is 0 Å². The van der Waals surface area contributed by atoms with Gasteiger partial charge in [0.15, 0.2) is 0 Å². The molecule has 1 rings (SSSR count). The number of amides is 1. The molecule has 6 heteroatoms. The van der Waals surface area contributed by atoms with E-state index in [-0.39, 0.29) is 11.9 Å². The number of hydrogen-bond acceptors (Lipinski definition) is 5. The van der Waals surface area contributed by atoms with Crippen molar-refractivity contribution < 1.29 is 9.53 Å². The summed E-state index contributed by atoms with van der Waals surface area (Å²) in [6.45, 7) is 4.90. The second-order valence-corrected chi connectivity index (χ2v) is 3.60. The zero-order valence-electron chi connectivity index (χ0n) is 10.1. The molecule has 0 bridgehead atoms. The van der Waals surface area contributed by atoms with Crippen LogP contribution >= 0.6 is 0 Å². The van der Waals surface area contributed by atoms with Gasteiger partial charge in [0.1, 0.15) is 0 Å². The first-order valence-electron chi connectivity index (χ1n) is 5.48. The number of nitrogens with zero attached hydrogens (tertiary/aromatic N) is 1. The third-order valence-electron chi connectivity index (χ3n) is 2.17. The minimum absolute atomic E-state index is 0.0544. The summed E-state index contributed by atoms with van der Waals surface area (Å²) in [4.78, 5) is 15.8. The predicted octanol–water partition coefficient (Wildman–Crippen LogP) is 0.522. The van der Waals surface area contributed by atoms with Gasteiger partial charge in [-0.15, -0.1) is 0 Å². The van der Waals surface area contributed by atoms with Crippen molar-refractivity contribution in [1.82, 2.24) is 10.3 Å². The molecule has 0 radical (unpaired) electrons. The molecule has 1 heterocycles. The minimum atomic E-state index is -0.201. The third-order valence-corrected chi connectivity index (χ3v) is 2.17. The zero-order valence-corrected chi connectivity index (χ0v) is 10.1. The number of nitrogen functional groups attached to an aromatic ring is 1. The average Bonchev–Trinajstić information content (AvgIpc) is 2.36. The highest BCUT2D eigenvalue weighted by molar-refractivity contribution is 5.99. The summed E-state index contributed by atoms with van der Waals surface area (Å²) < 4.78 is 5.22. The van der Waals surface area contributed by atoms with E-state index in [1.165, 1.54) is 6.20 Å². The Balaban J connectivity index is 2.63. The number of hydrogen-bond donors (Lipinski definition) is 3. The number of carbonyl (C=O) groups is 1. The highest BCUT2D eigenvalue weighted by Gasteiger charge is 2.13. The molecule has 4 N–H and O–H groups in total. The maximum atomic E-state index is 11.9. The molecule has 0 aliphatic carbocycles. The molecular weight excluding hydrogens is 220 g/mol. The van der Waals surface area contributed by atoms with Gasteiger partial charge in [-0.25, -0.2) is 0 Å². The van der Waals surface area contributed by atoms with Gasteiger partial charge in [0.2, 0.25) is 0 Å². The van der Waals surface area contributed by atoms with Crippen LogP contribution in [-0.4, -0.2) is 30.1 Å². The fourth-order valence-corrected chi connectivity index (χ4v) is 1.35. The summed E-state index contributed by atoms with van der Waals surface area (Å²) in [7, 11) is 0. The first kappa shape index (κ1) is 13.4. The summed E-state index contributed by atoms with van der Waals surface area (Å²) in [6, 6.07) is 1.55. The SMILES string of the molecule is CCOCC(C)NC(=O)c1ccncc1NN. The van der Waals surface area contributed by atoms with Gasteiger partial charge < -0.3 is 15.5 Å². The first-order valence-corrected chi connectivity index (χ1v) is 5.48. The Kier molecular flexibility index (Phi) is 5.38. The Morgan fingerprint density at radius 1 is 1.65 bits per heavy atom. The second-order valence-electron chi connectivity index (χ2n) is 3.60. The van der Waals surface area contributed by atoms with Crippen molar-refractivity contribution in [3.63, 3.8) is 0 Å². The van der Waals surface area contributed by atoms with Crippen LogP contribution in [0.25, 0.3) is 0 Å². The van der Waals surface area contributed by atoms with Gasteiger partial charge in [-0.3, -0.25) is 15.6 Å². The van der Waals surface area contributed by atoms with Crippen molar-refractivity contribution in [2.75, 3.05) is 18.6 Å². The number of nitrogens with two attached hydrogens (primary N) is 1. The third kappa shape index (κ3) is 4.01. The molecule has 0 spiro atoms. The Morgan fingerprint density at radius 3 is 3.06 bits per heavy atom. The van der Waals surface area contributed by atoms with Crippen molar-refractivity contribution in [3.05, 3.63) is 24.0 Å². The molecule has 0 saturated carbocycles. The summed E-state index contributed by atoms with van der Waals surface area (Å²) in [5, 5.41) is 2.82. The smallest absolute Gasteiger partial charge is 0.253 e. The summed E-state index contributed by atoms with van der Waals surface area (Å²) in [5.41, 5.74) is 3.40. The highest BCUT2D eigenvalue weighted by atomic mass is 16.5. The second kappa shape index (κ2) is 6.82. The fraction of sp³-hybridized carbons (Fsp3) is 0.455. The Bertz CT molecular complexity index is 370. The van der Waals surface area contributed by atoms with Crippen molar-refractivity contribution in [3.8, 4) is 0 Å². The van der Waals surface area contributed by atoms with Crippen LogP contribution in [0.5, 0.6) is 0 Å². The molecule has 0 saturated heterocycles.